The van der Waals surface area contributed by atoms with Crippen molar-refractivity contribution in [2.24, 2.45) is 0 Å². The second-order valence-electron chi connectivity index (χ2n) is 7.97. The zero-order chi connectivity index (χ0) is 19.8. The van der Waals surface area contributed by atoms with Crippen molar-refractivity contribution in [1.29, 1.82) is 0 Å². The van der Waals surface area contributed by atoms with Crippen LogP contribution < -0.4 is 9.47 Å². The summed E-state index contributed by atoms with van der Waals surface area (Å²) < 4.78 is 11.0. The molecule has 1 aliphatic rings. The molecular formula is C24H30O3. The Balaban J connectivity index is 2.15. The molecule has 0 radical (unpaired) electrons. The van der Waals surface area contributed by atoms with Crippen molar-refractivity contribution in [3.05, 3.63) is 57.6 Å². The van der Waals surface area contributed by atoms with Gasteiger partial charge in [-0.05, 0) is 73.9 Å². The fraction of sp³-hybridized carbons (Fsp3) is 0.458. The Morgan fingerprint density at radius 2 is 1.22 bits per heavy atom. The summed E-state index contributed by atoms with van der Waals surface area (Å²) >= 11 is 0. The van der Waals surface area contributed by atoms with E-state index in [1.807, 2.05) is 13.8 Å². The summed E-state index contributed by atoms with van der Waals surface area (Å²) in [6.07, 6.45) is 4.75. The highest BCUT2D eigenvalue weighted by Crippen LogP contribution is 2.49. The standard InChI is InChI=1S/C24H30O3/c1-15-11-20(12-16(2)22(15)26-6)24(9-7-8-10-24)21-13-17(3)23(18(4)14-21)27-19(5)25/h11-14H,7-10H2,1-6H3. The Kier molecular flexibility index (Phi) is 5.32. The van der Waals surface area contributed by atoms with Gasteiger partial charge in [0.2, 0.25) is 0 Å². The van der Waals surface area contributed by atoms with E-state index in [4.69, 9.17) is 9.47 Å². The molecule has 3 heteroatoms. The number of benzene rings is 2. The van der Waals surface area contributed by atoms with Crippen molar-refractivity contribution in [1.82, 2.24) is 0 Å². The molecule has 144 valence electrons. The zero-order valence-corrected chi connectivity index (χ0v) is 17.4. The molecule has 0 aliphatic heterocycles. The number of esters is 1. The number of carbonyl (C=O) groups excluding carboxylic acids is 1. The largest absolute Gasteiger partial charge is 0.496 e. The molecule has 0 unspecified atom stereocenters. The number of rotatable bonds is 4. The minimum Gasteiger partial charge on any atom is -0.496 e. The van der Waals surface area contributed by atoms with Crippen LogP contribution in [0.2, 0.25) is 0 Å². The number of aryl methyl sites for hydroxylation is 4. The van der Waals surface area contributed by atoms with E-state index < -0.39 is 0 Å². The summed E-state index contributed by atoms with van der Waals surface area (Å²) in [6.45, 7) is 9.76. The first-order valence-corrected chi connectivity index (χ1v) is 9.74. The molecule has 0 saturated heterocycles. The van der Waals surface area contributed by atoms with Gasteiger partial charge in [0.15, 0.2) is 0 Å². The van der Waals surface area contributed by atoms with Crippen LogP contribution in [0.3, 0.4) is 0 Å². The van der Waals surface area contributed by atoms with Crippen LogP contribution in [0, 0.1) is 27.7 Å². The highest BCUT2D eigenvalue weighted by atomic mass is 16.5. The molecule has 3 rings (SSSR count). The molecule has 2 aromatic carbocycles. The van der Waals surface area contributed by atoms with Crippen molar-refractivity contribution in [2.75, 3.05) is 7.11 Å². The second kappa shape index (κ2) is 7.38. The third-order valence-corrected chi connectivity index (χ3v) is 5.93. The summed E-state index contributed by atoms with van der Waals surface area (Å²) in [5.74, 6) is 1.40. The molecule has 2 aromatic rings. The highest BCUT2D eigenvalue weighted by molar-refractivity contribution is 5.70. The predicted molar refractivity (Wildman–Crippen MR) is 109 cm³/mol. The average Bonchev–Trinajstić information content (AvgIpc) is 3.08. The van der Waals surface area contributed by atoms with Crippen LogP contribution in [0.25, 0.3) is 0 Å². The van der Waals surface area contributed by atoms with Gasteiger partial charge >= 0.3 is 5.97 Å². The maximum Gasteiger partial charge on any atom is 0.308 e. The minimum absolute atomic E-state index is 0.0199. The SMILES string of the molecule is COc1c(C)cc(C2(c3cc(C)c(OC(C)=O)c(C)c3)CCCC2)cc1C. The Bertz CT molecular complexity index is 827. The van der Waals surface area contributed by atoms with Gasteiger partial charge in [-0.3, -0.25) is 4.79 Å². The summed E-state index contributed by atoms with van der Waals surface area (Å²) in [4.78, 5) is 11.4. The van der Waals surface area contributed by atoms with Crippen LogP contribution in [-0.2, 0) is 10.2 Å². The van der Waals surface area contributed by atoms with E-state index in [0.29, 0.717) is 5.75 Å². The van der Waals surface area contributed by atoms with E-state index in [1.54, 1.807) is 7.11 Å². The highest BCUT2D eigenvalue weighted by Gasteiger charge is 2.38. The van der Waals surface area contributed by atoms with Gasteiger partial charge in [0.1, 0.15) is 11.5 Å². The van der Waals surface area contributed by atoms with Crippen molar-refractivity contribution < 1.29 is 14.3 Å². The summed E-state index contributed by atoms with van der Waals surface area (Å²) in [6, 6.07) is 9.01. The Morgan fingerprint density at radius 3 is 1.59 bits per heavy atom. The normalized spacial score (nSPS) is 15.6. The lowest BCUT2D eigenvalue weighted by Gasteiger charge is -2.32. The molecule has 1 aliphatic carbocycles. The third-order valence-electron chi connectivity index (χ3n) is 5.93. The molecule has 0 atom stereocenters. The molecular weight excluding hydrogens is 336 g/mol. The van der Waals surface area contributed by atoms with Gasteiger partial charge in [-0.1, -0.05) is 37.1 Å². The number of hydrogen-bond acceptors (Lipinski definition) is 3. The molecule has 0 N–H and O–H groups in total. The molecule has 27 heavy (non-hydrogen) atoms. The summed E-state index contributed by atoms with van der Waals surface area (Å²) in [5, 5.41) is 0. The Morgan fingerprint density at radius 1 is 0.815 bits per heavy atom. The van der Waals surface area contributed by atoms with Crippen molar-refractivity contribution in [3.63, 3.8) is 0 Å². The summed E-state index contributed by atoms with van der Waals surface area (Å²) in [5.41, 5.74) is 7.13. The molecule has 0 aromatic heterocycles. The van der Waals surface area contributed by atoms with Crippen LogP contribution in [0.4, 0.5) is 0 Å². The topological polar surface area (TPSA) is 35.5 Å². The number of hydrogen-bond donors (Lipinski definition) is 0. The molecule has 1 fully saturated rings. The minimum atomic E-state index is -0.272. The van der Waals surface area contributed by atoms with E-state index in [9.17, 15) is 4.79 Å². The van der Waals surface area contributed by atoms with Gasteiger partial charge in [0, 0.05) is 12.3 Å². The lowest BCUT2D eigenvalue weighted by molar-refractivity contribution is -0.131. The maximum absolute atomic E-state index is 11.4. The second-order valence-corrected chi connectivity index (χ2v) is 7.97. The van der Waals surface area contributed by atoms with Gasteiger partial charge < -0.3 is 9.47 Å². The van der Waals surface area contributed by atoms with Crippen LogP contribution in [0.15, 0.2) is 24.3 Å². The van der Waals surface area contributed by atoms with Crippen molar-refractivity contribution in [3.8, 4) is 11.5 Å². The Labute approximate surface area is 162 Å². The summed E-state index contributed by atoms with van der Waals surface area (Å²) in [7, 11) is 1.74. The number of carbonyl (C=O) groups is 1. The molecule has 1 saturated carbocycles. The quantitative estimate of drug-likeness (QED) is 0.513. The van der Waals surface area contributed by atoms with Gasteiger partial charge in [0.25, 0.3) is 0 Å². The fourth-order valence-corrected chi connectivity index (χ4v) is 4.80. The molecule has 0 spiro atoms. The van der Waals surface area contributed by atoms with E-state index in [-0.39, 0.29) is 11.4 Å². The molecule has 3 nitrogen and oxygen atoms in total. The average molecular weight is 367 g/mol. The first-order chi connectivity index (χ1) is 12.8. The predicted octanol–water partition coefficient (Wildman–Crippen LogP) is 5.71. The van der Waals surface area contributed by atoms with E-state index in [0.717, 1.165) is 29.7 Å². The van der Waals surface area contributed by atoms with Gasteiger partial charge in [-0.15, -0.1) is 0 Å². The van der Waals surface area contributed by atoms with E-state index >= 15 is 0 Å². The lowest BCUT2D eigenvalue weighted by atomic mass is 9.71. The van der Waals surface area contributed by atoms with Crippen LogP contribution in [0.1, 0.15) is 66.0 Å². The van der Waals surface area contributed by atoms with Crippen LogP contribution >= 0.6 is 0 Å². The first kappa shape index (κ1) is 19.5. The van der Waals surface area contributed by atoms with E-state index in [1.165, 1.54) is 42.0 Å². The van der Waals surface area contributed by atoms with E-state index in [2.05, 4.69) is 38.1 Å². The van der Waals surface area contributed by atoms with Crippen LogP contribution in [-0.4, -0.2) is 13.1 Å². The third kappa shape index (κ3) is 3.47. The van der Waals surface area contributed by atoms with Gasteiger partial charge in [0.05, 0.1) is 7.11 Å². The monoisotopic (exact) mass is 366 g/mol. The van der Waals surface area contributed by atoms with Gasteiger partial charge in [-0.25, -0.2) is 0 Å². The molecule has 0 amide bonds. The lowest BCUT2D eigenvalue weighted by Crippen LogP contribution is -2.25. The fourth-order valence-electron chi connectivity index (χ4n) is 4.80. The van der Waals surface area contributed by atoms with Crippen LogP contribution in [0.5, 0.6) is 11.5 Å². The van der Waals surface area contributed by atoms with Crippen molar-refractivity contribution >= 4 is 5.97 Å². The maximum atomic E-state index is 11.4. The molecule has 0 bridgehead atoms. The number of ether oxygens (including phenoxy) is 2. The smallest absolute Gasteiger partial charge is 0.308 e. The van der Waals surface area contributed by atoms with Gasteiger partial charge in [-0.2, -0.15) is 0 Å². The zero-order valence-electron chi connectivity index (χ0n) is 17.4. The van der Waals surface area contributed by atoms with Crippen molar-refractivity contribution in [2.45, 2.75) is 65.7 Å². The Hall–Kier alpha value is -2.29. The number of methoxy groups -OCH3 is 1. The first-order valence-electron chi connectivity index (χ1n) is 9.74. The molecule has 0 heterocycles.